The average Bonchev–Trinajstić information content (AvgIpc) is 3.15. The molecule has 1 amide bonds. The van der Waals surface area contributed by atoms with Crippen molar-refractivity contribution in [3.8, 4) is 0 Å². The number of carbonyl (C=O) groups excluding carboxylic acids is 1. The molecule has 0 aliphatic carbocycles. The average molecular weight is 292 g/mol. The topological polar surface area (TPSA) is 50.6 Å². The molecule has 2 aliphatic heterocycles. The van der Waals surface area contributed by atoms with E-state index >= 15 is 0 Å². The Labute approximate surface area is 125 Å². The number of likely N-dealkylation sites (tertiary alicyclic amines) is 1. The first-order valence-electron chi connectivity index (χ1n) is 7.79. The van der Waals surface area contributed by atoms with Crippen molar-refractivity contribution >= 4 is 5.91 Å². The van der Waals surface area contributed by atoms with Crippen LogP contribution in [-0.4, -0.2) is 70.7 Å². The normalized spacial score (nSPS) is 27.2. The van der Waals surface area contributed by atoms with Crippen LogP contribution in [0.15, 0.2) is 18.7 Å². The van der Waals surface area contributed by atoms with Crippen LogP contribution in [0.25, 0.3) is 0 Å². The lowest BCUT2D eigenvalue weighted by Gasteiger charge is -2.34. The molecular formula is C15H24N4O2. The molecule has 0 unspecified atom stereocenters. The smallest absolute Gasteiger partial charge is 0.224 e. The molecular weight excluding hydrogens is 268 g/mol. The molecule has 0 spiro atoms. The monoisotopic (exact) mass is 292 g/mol. The Balaban J connectivity index is 1.51. The van der Waals surface area contributed by atoms with Gasteiger partial charge >= 0.3 is 0 Å². The van der Waals surface area contributed by atoms with Crippen molar-refractivity contribution in [2.45, 2.75) is 25.9 Å². The Morgan fingerprint density at radius 2 is 2.14 bits per heavy atom. The molecule has 0 saturated carbocycles. The fourth-order valence-corrected chi connectivity index (χ4v) is 3.34. The number of aryl methyl sites for hydroxylation is 1. The third kappa shape index (κ3) is 3.44. The molecule has 0 bridgehead atoms. The van der Waals surface area contributed by atoms with Gasteiger partial charge in [-0.25, -0.2) is 4.98 Å². The summed E-state index contributed by atoms with van der Waals surface area (Å²) in [6, 6.07) is 0.492. The number of ether oxygens (including phenoxy) is 1. The van der Waals surface area contributed by atoms with Gasteiger partial charge in [0.05, 0.1) is 19.5 Å². The Bertz CT molecular complexity index is 456. The second-order valence-electron chi connectivity index (χ2n) is 6.04. The highest BCUT2D eigenvalue weighted by Crippen LogP contribution is 2.23. The van der Waals surface area contributed by atoms with Crippen molar-refractivity contribution < 1.29 is 9.53 Å². The SMILES string of the molecule is C[C@H]1CN(C(=O)CCn2ccnc2)C[C@@H]1N1CCOCC1. The van der Waals surface area contributed by atoms with Crippen LogP contribution in [-0.2, 0) is 16.1 Å². The van der Waals surface area contributed by atoms with Crippen LogP contribution in [0.2, 0.25) is 0 Å². The van der Waals surface area contributed by atoms with Gasteiger partial charge in [0.1, 0.15) is 0 Å². The first-order valence-corrected chi connectivity index (χ1v) is 7.79. The van der Waals surface area contributed by atoms with Crippen LogP contribution in [0, 0.1) is 5.92 Å². The Hall–Kier alpha value is -1.40. The predicted octanol–water partition coefficient (Wildman–Crippen LogP) is 0.452. The van der Waals surface area contributed by atoms with Gasteiger partial charge in [-0.15, -0.1) is 0 Å². The van der Waals surface area contributed by atoms with Crippen LogP contribution >= 0.6 is 0 Å². The number of aromatic nitrogens is 2. The molecule has 0 radical (unpaired) electrons. The standard InChI is InChI=1S/C15H24N4O2/c1-13-10-19(11-14(13)18-6-8-21-9-7-18)15(20)2-4-17-5-3-16-12-17/h3,5,12-14H,2,4,6-11H2,1H3/t13-,14-/m0/s1. The van der Waals surface area contributed by atoms with Gasteiger partial charge in [-0.3, -0.25) is 9.69 Å². The van der Waals surface area contributed by atoms with E-state index in [-0.39, 0.29) is 5.91 Å². The molecule has 3 rings (SSSR count). The summed E-state index contributed by atoms with van der Waals surface area (Å²) in [5.74, 6) is 0.798. The van der Waals surface area contributed by atoms with Crippen molar-refractivity contribution in [2.24, 2.45) is 5.92 Å². The number of hydrogen-bond donors (Lipinski definition) is 0. The van der Waals surface area contributed by atoms with Crippen LogP contribution in [0.4, 0.5) is 0 Å². The minimum Gasteiger partial charge on any atom is -0.379 e. The summed E-state index contributed by atoms with van der Waals surface area (Å²) in [6.07, 6.45) is 5.96. The van der Waals surface area contributed by atoms with E-state index in [2.05, 4.69) is 16.8 Å². The Kier molecular flexibility index (Phi) is 4.55. The molecule has 6 nitrogen and oxygen atoms in total. The molecule has 2 fully saturated rings. The summed E-state index contributed by atoms with van der Waals surface area (Å²) in [7, 11) is 0. The largest absolute Gasteiger partial charge is 0.379 e. The number of imidazole rings is 1. The number of morpholine rings is 1. The second kappa shape index (κ2) is 6.58. The van der Waals surface area contributed by atoms with E-state index in [1.165, 1.54) is 0 Å². The van der Waals surface area contributed by atoms with Crippen LogP contribution in [0.5, 0.6) is 0 Å². The van der Waals surface area contributed by atoms with Crippen molar-refractivity contribution in [1.82, 2.24) is 19.4 Å². The molecule has 0 aromatic carbocycles. The van der Waals surface area contributed by atoms with Gasteiger partial charge in [-0.05, 0) is 5.92 Å². The van der Waals surface area contributed by atoms with E-state index in [0.29, 0.717) is 24.9 Å². The highest BCUT2D eigenvalue weighted by Gasteiger charge is 2.36. The van der Waals surface area contributed by atoms with E-state index in [1.54, 1.807) is 12.5 Å². The molecule has 0 N–H and O–H groups in total. The molecule has 116 valence electrons. The minimum atomic E-state index is 0.256. The number of carbonyl (C=O) groups is 1. The predicted molar refractivity (Wildman–Crippen MR) is 78.8 cm³/mol. The first-order chi connectivity index (χ1) is 10.2. The second-order valence-corrected chi connectivity index (χ2v) is 6.04. The lowest BCUT2D eigenvalue weighted by Crippen LogP contribution is -2.47. The number of nitrogens with zero attached hydrogens (tertiary/aromatic N) is 4. The van der Waals surface area contributed by atoms with Gasteiger partial charge in [0.2, 0.25) is 5.91 Å². The molecule has 6 heteroatoms. The number of amides is 1. The summed E-state index contributed by atoms with van der Waals surface area (Å²) in [6.45, 7) is 8.33. The molecule has 3 heterocycles. The summed E-state index contributed by atoms with van der Waals surface area (Å²) < 4.78 is 7.37. The number of hydrogen-bond acceptors (Lipinski definition) is 4. The van der Waals surface area contributed by atoms with E-state index in [1.807, 2.05) is 15.7 Å². The molecule has 2 atom stereocenters. The lowest BCUT2D eigenvalue weighted by atomic mass is 10.0. The summed E-state index contributed by atoms with van der Waals surface area (Å²) in [5, 5.41) is 0. The molecule has 21 heavy (non-hydrogen) atoms. The zero-order valence-electron chi connectivity index (χ0n) is 12.6. The van der Waals surface area contributed by atoms with Crippen molar-refractivity contribution in [2.75, 3.05) is 39.4 Å². The third-order valence-corrected chi connectivity index (χ3v) is 4.58. The maximum absolute atomic E-state index is 12.4. The molecule has 2 aliphatic rings. The van der Waals surface area contributed by atoms with Crippen LogP contribution < -0.4 is 0 Å². The van der Waals surface area contributed by atoms with Crippen LogP contribution in [0.1, 0.15) is 13.3 Å². The Morgan fingerprint density at radius 1 is 1.33 bits per heavy atom. The fourth-order valence-electron chi connectivity index (χ4n) is 3.34. The highest BCUT2D eigenvalue weighted by molar-refractivity contribution is 5.76. The van der Waals surface area contributed by atoms with Crippen LogP contribution in [0.3, 0.4) is 0 Å². The van der Waals surface area contributed by atoms with E-state index in [4.69, 9.17) is 4.74 Å². The zero-order valence-corrected chi connectivity index (χ0v) is 12.6. The van der Waals surface area contributed by atoms with E-state index in [0.717, 1.165) is 39.4 Å². The summed E-state index contributed by atoms with van der Waals surface area (Å²) in [5.41, 5.74) is 0. The summed E-state index contributed by atoms with van der Waals surface area (Å²) in [4.78, 5) is 20.9. The van der Waals surface area contributed by atoms with Gasteiger partial charge in [-0.1, -0.05) is 6.92 Å². The van der Waals surface area contributed by atoms with E-state index < -0.39 is 0 Å². The van der Waals surface area contributed by atoms with E-state index in [9.17, 15) is 4.79 Å². The first kappa shape index (κ1) is 14.5. The van der Waals surface area contributed by atoms with Gasteiger partial charge in [-0.2, -0.15) is 0 Å². The maximum atomic E-state index is 12.4. The molecule has 1 aromatic rings. The zero-order chi connectivity index (χ0) is 14.7. The summed E-state index contributed by atoms with van der Waals surface area (Å²) >= 11 is 0. The molecule has 1 aromatic heterocycles. The molecule has 2 saturated heterocycles. The van der Waals surface area contributed by atoms with Gasteiger partial charge in [0.25, 0.3) is 0 Å². The maximum Gasteiger partial charge on any atom is 0.224 e. The third-order valence-electron chi connectivity index (χ3n) is 4.58. The Morgan fingerprint density at radius 3 is 2.86 bits per heavy atom. The van der Waals surface area contributed by atoms with Crippen molar-refractivity contribution in [3.63, 3.8) is 0 Å². The van der Waals surface area contributed by atoms with Gasteiger partial charge in [0, 0.05) is 57.6 Å². The van der Waals surface area contributed by atoms with Gasteiger partial charge < -0.3 is 14.2 Å². The number of rotatable bonds is 4. The quantitative estimate of drug-likeness (QED) is 0.808. The van der Waals surface area contributed by atoms with Gasteiger partial charge in [0.15, 0.2) is 0 Å². The highest BCUT2D eigenvalue weighted by atomic mass is 16.5. The van der Waals surface area contributed by atoms with Crippen molar-refractivity contribution in [3.05, 3.63) is 18.7 Å². The fraction of sp³-hybridized carbons (Fsp3) is 0.733. The van der Waals surface area contributed by atoms with Crippen molar-refractivity contribution in [1.29, 1.82) is 0 Å². The lowest BCUT2D eigenvalue weighted by molar-refractivity contribution is -0.130. The minimum absolute atomic E-state index is 0.256.